The lowest BCUT2D eigenvalue weighted by Gasteiger charge is -2.19. The van der Waals surface area contributed by atoms with Crippen LogP contribution in [0, 0.1) is 0 Å². The summed E-state index contributed by atoms with van der Waals surface area (Å²) in [4.78, 5) is 2.41. The molecule has 2 rings (SSSR count). The molecular weight excluding hydrogens is 182 g/mol. The van der Waals surface area contributed by atoms with Gasteiger partial charge in [0.2, 0.25) is 0 Å². The smallest absolute Gasteiger partial charge is 0.0406 e. The minimum atomic E-state index is 0.609. The predicted molar refractivity (Wildman–Crippen MR) is 56.1 cm³/mol. The number of rotatable bonds is 1. The molecule has 1 nitrogen and oxygen atoms in total. The number of hydrogen-bond donors (Lipinski definition) is 0. The lowest BCUT2D eigenvalue weighted by Crippen LogP contribution is -2.17. The second-order valence-electron chi connectivity index (χ2n) is 3.69. The molecule has 1 aliphatic heterocycles. The first-order valence-electron chi connectivity index (χ1n) is 4.73. The summed E-state index contributed by atoms with van der Waals surface area (Å²) < 4.78 is 0. The average molecular weight is 196 g/mol. The van der Waals surface area contributed by atoms with Crippen molar-refractivity contribution in [2.45, 2.75) is 18.9 Å². The van der Waals surface area contributed by atoms with E-state index in [-0.39, 0.29) is 0 Å². The molecule has 2 heteroatoms. The summed E-state index contributed by atoms with van der Waals surface area (Å²) in [6.45, 7) is 1.22. The third kappa shape index (κ3) is 1.87. The monoisotopic (exact) mass is 195 g/mol. The van der Waals surface area contributed by atoms with E-state index >= 15 is 0 Å². The molecule has 0 spiro atoms. The van der Waals surface area contributed by atoms with Crippen molar-refractivity contribution in [3.8, 4) is 0 Å². The summed E-state index contributed by atoms with van der Waals surface area (Å²) in [6.07, 6.45) is 2.59. The van der Waals surface area contributed by atoms with E-state index in [0.29, 0.717) is 6.04 Å². The topological polar surface area (TPSA) is 3.24 Å². The first-order chi connectivity index (χ1) is 6.27. The Labute approximate surface area is 84.3 Å². The van der Waals surface area contributed by atoms with Gasteiger partial charge in [0.1, 0.15) is 0 Å². The fraction of sp³-hybridized carbons (Fsp3) is 0.455. The maximum absolute atomic E-state index is 5.84. The molecule has 0 aromatic heterocycles. The van der Waals surface area contributed by atoms with Crippen LogP contribution < -0.4 is 0 Å². The molecule has 1 aliphatic rings. The average Bonchev–Trinajstić information content (AvgIpc) is 2.53. The highest BCUT2D eigenvalue weighted by molar-refractivity contribution is 6.30. The first-order valence-corrected chi connectivity index (χ1v) is 5.11. The number of likely N-dealkylation sites (tertiary alicyclic amines) is 1. The third-order valence-corrected chi connectivity index (χ3v) is 3.03. The van der Waals surface area contributed by atoms with Gasteiger partial charge >= 0.3 is 0 Å². The van der Waals surface area contributed by atoms with Crippen LogP contribution in [0.4, 0.5) is 0 Å². The number of nitrogens with zero attached hydrogens (tertiary/aromatic N) is 1. The molecule has 0 radical (unpaired) electrons. The van der Waals surface area contributed by atoms with Crippen molar-refractivity contribution in [3.63, 3.8) is 0 Å². The minimum absolute atomic E-state index is 0.609. The van der Waals surface area contributed by atoms with Crippen molar-refractivity contribution in [2.24, 2.45) is 0 Å². The van der Waals surface area contributed by atoms with Gasteiger partial charge in [-0.3, -0.25) is 4.90 Å². The van der Waals surface area contributed by atoms with E-state index in [2.05, 4.69) is 24.1 Å². The molecular formula is C11H14ClN. The van der Waals surface area contributed by atoms with Crippen molar-refractivity contribution in [1.82, 2.24) is 4.90 Å². The zero-order chi connectivity index (χ0) is 9.26. The fourth-order valence-corrected chi connectivity index (χ4v) is 2.14. The molecule has 0 N–H and O–H groups in total. The van der Waals surface area contributed by atoms with Crippen molar-refractivity contribution < 1.29 is 0 Å². The summed E-state index contributed by atoms with van der Waals surface area (Å²) in [6, 6.07) is 8.83. The first kappa shape index (κ1) is 9.04. The summed E-state index contributed by atoms with van der Waals surface area (Å²) in [5.74, 6) is 0. The Bertz CT molecular complexity index is 281. The summed E-state index contributed by atoms with van der Waals surface area (Å²) >= 11 is 5.84. The zero-order valence-electron chi connectivity index (χ0n) is 7.83. The largest absolute Gasteiger partial charge is 0.299 e. The molecule has 1 aromatic carbocycles. The molecule has 13 heavy (non-hydrogen) atoms. The minimum Gasteiger partial charge on any atom is -0.299 e. The zero-order valence-corrected chi connectivity index (χ0v) is 8.59. The maximum atomic E-state index is 5.84. The lowest BCUT2D eigenvalue weighted by atomic mass is 10.1. The van der Waals surface area contributed by atoms with Gasteiger partial charge in [-0.2, -0.15) is 0 Å². The molecule has 0 saturated carbocycles. The third-order valence-electron chi connectivity index (χ3n) is 2.78. The Hall–Kier alpha value is -0.530. The summed E-state index contributed by atoms with van der Waals surface area (Å²) in [5.41, 5.74) is 1.39. The Morgan fingerprint density at radius 3 is 2.54 bits per heavy atom. The Kier molecular flexibility index (Phi) is 2.56. The van der Waals surface area contributed by atoms with Gasteiger partial charge in [0.15, 0.2) is 0 Å². The van der Waals surface area contributed by atoms with Gasteiger partial charge in [-0.1, -0.05) is 23.7 Å². The van der Waals surface area contributed by atoms with Crippen LogP contribution in [0.5, 0.6) is 0 Å². The van der Waals surface area contributed by atoms with E-state index in [1.165, 1.54) is 24.9 Å². The standard InChI is InChI=1S/C11H14ClN/c1-13-8-2-3-11(13)9-4-6-10(12)7-5-9/h4-7,11H,2-3,8H2,1H3. The highest BCUT2D eigenvalue weighted by atomic mass is 35.5. The van der Waals surface area contributed by atoms with Crippen LogP contribution in [0.2, 0.25) is 5.02 Å². The van der Waals surface area contributed by atoms with Gasteiger partial charge in [0.25, 0.3) is 0 Å². The summed E-state index contributed by atoms with van der Waals surface area (Å²) in [5, 5.41) is 0.824. The van der Waals surface area contributed by atoms with Gasteiger partial charge in [-0.25, -0.2) is 0 Å². The normalized spacial score (nSPS) is 23.7. The fourth-order valence-electron chi connectivity index (χ4n) is 2.02. The highest BCUT2D eigenvalue weighted by Gasteiger charge is 2.21. The van der Waals surface area contributed by atoms with E-state index in [9.17, 15) is 0 Å². The van der Waals surface area contributed by atoms with E-state index < -0.39 is 0 Å². The van der Waals surface area contributed by atoms with Gasteiger partial charge < -0.3 is 0 Å². The van der Waals surface area contributed by atoms with E-state index in [0.717, 1.165) is 5.02 Å². The highest BCUT2D eigenvalue weighted by Crippen LogP contribution is 2.30. The maximum Gasteiger partial charge on any atom is 0.0406 e. The van der Waals surface area contributed by atoms with Gasteiger partial charge in [0, 0.05) is 11.1 Å². The van der Waals surface area contributed by atoms with Crippen LogP contribution >= 0.6 is 11.6 Å². The van der Waals surface area contributed by atoms with Gasteiger partial charge in [0.05, 0.1) is 0 Å². The van der Waals surface area contributed by atoms with Gasteiger partial charge in [-0.15, -0.1) is 0 Å². The van der Waals surface area contributed by atoms with Crippen LogP contribution in [-0.4, -0.2) is 18.5 Å². The molecule has 0 bridgehead atoms. The number of benzene rings is 1. The van der Waals surface area contributed by atoms with Crippen molar-refractivity contribution in [3.05, 3.63) is 34.9 Å². The Morgan fingerprint density at radius 1 is 1.31 bits per heavy atom. The Morgan fingerprint density at radius 2 is 2.00 bits per heavy atom. The van der Waals surface area contributed by atoms with Crippen molar-refractivity contribution in [1.29, 1.82) is 0 Å². The SMILES string of the molecule is CN1CCCC1c1ccc(Cl)cc1. The van der Waals surface area contributed by atoms with Crippen LogP contribution in [0.3, 0.4) is 0 Å². The van der Waals surface area contributed by atoms with E-state index in [1.807, 2.05) is 12.1 Å². The molecule has 1 atom stereocenters. The second kappa shape index (κ2) is 3.69. The number of halogens is 1. The lowest BCUT2D eigenvalue weighted by molar-refractivity contribution is 0.317. The van der Waals surface area contributed by atoms with E-state index in [1.54, 1.807) is 0 Å². The van der Waals surface area contributed by atoms with Crippen LogP contribution in [0.15, 0.2) is 24.3 Å². The molecule has 0 aliphatic carbocycles. The number of hydrogen-bond acceptors (Lipinski definition) is 1. The molecule has 1 heterocycles. The molecule has 70 valence electrons. The molecule has 1 saturated heterocycles. The second-order valence-corrected chi connectivity index (χ2v) is 4.13. The molecule has 0 amide bonds. The van der Waals surface area contributed by atoms with Crippen LogP contribution in [-0.2, 0) is 0 Å². The molecule has 1 aromatic rings. The van der Waals surface area contributed by atoms with Crippen molar-refractivity contribution in [2.75, 3.05) is 13.6 Å². The molecule has 1 unspecified atom stereocenters. The van der Waals surface area contributed by atoms with E-state index in [4.69, 9.17) is 11.6 Å². The summed E-state index contributed by atoms with van der Waals surface area (Å²) in [7, 11) is 2.19. The van der Waals surface area contributed by atoms with Crippen LogP contribution in [0.25, 0.3) is 0 Å². The Balaban J connectivity index is 2.20. The van der Waals surface area contributed by atoms with Crippen LogP contribution in [0.1, 0.15) is 24.4 Å². The van der Waals surface area contributed by atoms with Crippen molar-refractivity contribution >= 4 is 11.6 Å². The quantitative estimate of drug-likeness (QED) is 0.666. The molecule has 1 fully saturated rings. The van der Waals surface area contributed by atoms with Gasteiger partial charge in [-0.05, 0) is 44.1 Å². The predicted octanol–water partition coefficient (Wildman–Crippen LogP) is 3.11.